The Bertz CT molecular complexity index is 67.2. The molecule has 0 aromatic carbocycles. The summed E-state index contributed by atoms with van der Waals surface area (Å²) in [4.78, 5) is 25.6. The summed E-state index contributed by atoms with van der Waals surface area (Å²) in [5.74, 6) is 0. The van der Waals surface area contributed by atoms with Gasteiger partial charge in [-0.1, -0.05) is 0 Å². The molecule has 0 aromatic rings. The Morgan fingerprint density at radius 2 is 0.692 bits per heavy atom. The molecule has 0 aromatic heterocycles. The van der Waals surface area contributed by atoms with Crippen molar-refractivity contribution in [1.29, 1.82) is 0 Å². The molecule has 0 aliphatic carbocycles. The standard InChI is InChI=1S/K.5Na.H3O4P.2H2O/c;;;;;;1-5(2,3)4;;/h;;;;;;(H3,1,2,3,4);2*1H2/q6*+1;;;/p-5. The Labute approximate surface area is 230 Å². The summed E-state index contributed by atoms with van der Waals surface area (Å²) >= 11 is 0. The largest absolute Gasteiger partial charge is 1.00 e. The van der Waals surface area contributed by atoms with Crippen LogP contribution in [0.2, 0.25) is 0 Å². The second kappa shape index (κ2) is 36.3. The van der Waals surface area contributed by atoms with Gasteiger partial charge in [0, 0.05) is 0 Å². The molecule has 0 saturated heterocycles. The Morgan fingerprint density at radius 3 is 0.692 bits per heavy atom. The SMILES string of the molecule is O=P([O-])([O-])[O-].[K+].[Na+].[Na+].[Na+].[Na+].[Na+].[OH-].[OH-]. The van der Waals surface area contributed by atoms with E-state index < -0.39 is 7.82 Å². The van der Waals surface area contributed by atoms with E-state index in [0.717, 1.165) is 0 Å². The zero-order valence-electron chi connectivity index (χ0n) is 8.97. The van der Waals surface area contributed by atoms with E-state index in [2.05, 4.69) is 0 Å². The molecule has 0 aliphatic rings. The van der Waals surface area contributed by atoms with E-state index in [1.54, 1.807) is 0 Å². The van der Waals surface area contributed by atoms with Crippen LogP contribution in [0, 0.1) is 0 Å². The van der Waals surface area contributed by atoms with Gasteiger partial charge in [-0.05, 0) is 0 Å². The van der Waals surface area contributed by atoms with Crippen LogP contribution in [0.5, 0.6) is 0 Å². The average molecular weight is 283 g/mol. The molecule has 0 unspecified atom stereocenters. The maximum atomic E-state index is 8.55. The van der Waals surface area contributed by atoms with Crippen LogP contribution in [-0.4, -0.2) is 11.0 Å². The van der Waals surface area contributed by atoms with Crippen molar-refractivity contribution < 1.29 is 229 Å². The first-order valence-electron chi connectivity index (χ1n) is 0.730. The number of rotatable bonds is 0. The van der Waals surface area contributed by atoms with Crippen LogP contribution in [0.25, 0.3) is 0 Å². The van der Waals surface area contributed by atoms with Gasteiger partial charge in [-0.3, -0.25) is 0 Å². The van der Waals surface area contributed by atoms with Crippen molar-refractivity contribution in [3.8, 4) is 0 Å². The molecule has 13 heavy (non-hydrogen) atoms. The van der Waals surface area contributed by atoms with Gasteiger partial charge in [0.2, 0.25) is 0 Å². The van der Waals surface area contributed by atoms with Crippen LogP contribution in [0.1, 0.15) is 0 Å². The van der Waals surface area contributed by atoms with Crippen LogP contribution in [0.4, 0.5) is 0 Å². The second-order valence-electron chi connectivity index (χ2n) is 0.447. The first kappa shape index (κ1) is 60.2. The van der Waals surface area contributed by atoms with Gasteiger partial charge < -0.3 is 30.2 Å². The molecule has 0 atom stereocenters. The van der Waals surface area contributed by atoms with Gasteiger partial charge in [0.25, 0.3) is 0 Å². The monoisotopic (exact) mass is 283 g/mol. The third-order valence-corrected chi connectivity index (χ3v) is 0. The Morgan fingerprint density at radius 1 is 0.692 bits per heavy atom. The summed E-state index contributed by atoms with van der Waals surface area (Å²) in [5, 5.41) is 0. The van der Waals surface area contributed by atoms with Crippen LogP contribution in [0.15, 0.2) is 0 Å². The van der Waals surface area contributed by atoms with E-state index in [4.69, 9.17) is 19.2 Å². The molecule has 0 rings (SSSR count). The summed E-state index contributed by atoms with van der Waals surface area (Å²) < 4.78 is 8.55. The van der Waals surface area contributed by atoms with Gasteiger partial charge in [0.05, 0.1) is 0 Å². The first-order chi connectivity index (χ1) is 2.00. The van der Waals surface area contributed by atoms with Crippen molar-refractivity contribution >= 4 is 7.82 Å². The smallest absolute Gasteiger partial charge is 0.870 e. The molecule has 0 aliphatic heterocycles. The van der Waals surface area contributed by atoms with E-state index in [1.807, 2.05) is 0 Å². The second-order valence-corrected chi connectivity index (χ2v) is 1.34. The van der Waals surface area contributed by atoms with Gasteiger partial charge >= 0.3 is 199 Å². The molecule has 2 N–H and O–H groups in total. The van der Waals surface area contributed by atoms with E-state index in [0.29, 0.717) is 0 Å². The van der Waals surface area contributed by atoms with E-state index in [-0.39, 0.29) is 210 Å². The fourth-order valence-electron chi connectivity index (χ4n) is 0. The van der Waals surface area contributed by atoms with Crippen molar-refractivity contribution in [1.82, 2.24) is 0 Å². The van der Waals surface area contributed by atoms with Gasteiger partial charge in [-0.2, -0.15) is 7.82 Å². The van der Waals surface area contributed by atoms with Crippen LogP contribution in [0.3, 0.4) is 0 Å². The molecule has 0 spiro atoms. The fraction of sp³-hybridized carbons (Fsp3) is 0. The van der Waals surface area contributed by atoms with Gasteiger partial charge in [0.1, 0.15) is 0 Å². The van der Waals surface area contributed by atoms with Gasteiger partial charge in [0.15, 0.2) is 0 Å². The Kier molecular flexibility index (Phi) is 168. The molecule has 6 nitrogen and oxygen atoms in total. The fourth-order valence-corrected chi connectivity index (χ4v) is 0. The van der Waals surface area contributed by atoms with Crippen molar-refractivity contribution in [2.45, 2.75) is 0 Å². The summed E-state index contributed by atoms with van der Waals surface area (Å²) in [7, 11) is -5.39. The zero-order chi connectivity index (χ0) is 4.50. The topological polar surface area (TPSA) is 146 Å². The molecule has 48 valence electrons. The average Bonchev–Trinajstić information content (AvgIpc) is 0.722. The summed E-state index contributed by atoms with van der Waals surface area (Å²) in [5.41, 5.74) is 0. The predicted octanol–water partition coefficient (Wildman–Crippen LogP) is -21.2. The molecule has 0 fully saturated rings. The van der Waals surface area contributed by atoms with E-state index in [1.165, 1.54) is 0 Å². The number of hydrogen-bond donors (Lipinski definition) is 0. The van der Waals surface area contributed by atoms with Crippen molar-refractivity contribution in [2.24, 2.45) is 0 Å². The van der Waals surface area contributed by atoms with Crippen LogP contribution < -0.4 is 214 Å². The summed E-state index contributed by atoms with van der Waals surface area (Å²) in [6, 6.07) is 0. The first-order valence-corrected chi connectivity index (χ1v) is 2.19. The molecule has 0 bridgehead atoms. The van der Waals surface area contributed by atoms with E-state index >= 15 is 0 Å². The maximum Gasteiger partial charge on any atom is 1.00 e. The van der Waals surface area contributed by atoms with Crippen molar-refractivity contribution in [3.05, 3.63) is 0 Å². The molecular formula is H2KNa5O6P+. The van der Waals surface area contributed by atoms with Crippen molar-refractivity contribution in [3.63, 3.8) is 0 Å². The molecule has 13 heteroatoms. The minimum atomic E-state index is -5.39. The number of hydrogen-bond acceptors (Lipinski definition) is 6. The normalized spacial score (nSPS) is 4.54. The minimum Gasteiger partial charge on any atom is -0.870 e. The third kappa shape index (κ3) is 117. The molecule has 0 radical (unpaired) electrons. The molecule has 0 heterocycles. The summed E-state index contributed by atoms with van der Waals surface area (Å²) in [6.45, 7) is 0. The summed E-state index contributed by atoms with van der Waals surface area (Å²) in [6.07, 6.45) is 0. The minimum absolute atomic E-state index is 0. The van der Waals surface area contributed by atoms with Crippen LogP contribution >= 0.6 is 7.82 Å². The van der Waals surface area contributed by atoms with E-state index in [9.17, 15) is 0 Å². The molecule has 0 amide bonds. The number of phosphoric acid groups is 1. The van der Waals surface area contributed by atoms with Crippen LogP contribution in [-0.2, 0) is 4.57 Å². The van der Waals surface area contributed by atoms with Crippen molar-refractivity contribution in [2.75, 3.05) is 0 Å². The zero-order valence-corrected chi connectivity index (χ0v) is 23.0. The quantitative estimate of drug-likeness (QED) is 0.318. The Hall–Kier alpha value is 6.67. The Balaban J connectivity index is -0.00000000286. The third-order valence-electron chi connectivity index (χ3n) is 0. The predicted molar refractivity (Wildman–Crippen MR) is 11.5 cm³/mol. The van der Waals surface area contributed by atoms with Gasteiger partial charge in [-0.25, -0.2) is 0 Å². The molecular weight excluding hydrogens is 281 g/mol. The van der Waals surface area contributed by atoms with Gasteiger partial charge in [-0.15, -0.1) is 0 Å². The molecule has 0 saturated carbocycles. The maximum absolute atomic E-state index is 8.55.